The van der Waals surface area contributed by atoms with Gasteiger partial charge in [0.1, 0.15) is 6.33 Å². The van der Waals surface area contributed by atoms with Crippen molar-refractivity contribution in [2.24, 2.45) is 5.92 Å². The largest absolute Gasteiger partial charge is 0.295 e. The van der Waals surface area contributed by atoms with Crippen LogP contribution in [0, 0.1) is 5.92 Å². The van der Waals surface area contributed by atoms with E-state index in [4.69, 9.17) is 23.2 Å². The summed E-state index contributed by atoms with van der Waals surface area (Å²) in [5, 5.41) is 9.98. The van der Waals surface area contributed by atoms with Crippen molar-refractivity contribution in [3.05, 3.63) is 40.1 Å². The topological polar surface area (TPSA) is 70.7 Å². The van der Waals surface area contributed by atoms with Crippen LogP contribution in [0.3, 0.4) is 0 Å². The van der Waals surface area contributed by atoms with Crippen LogP contribution in [0.25, 0.3) is 0 Å². The Bertz CT molecular complexity index is 614. The zero-order valence-electron chi connectivity index (χ0n) is 9.73. The Hall–Kier alpha value is -1.59. The normalized spacial score (nSPS) is 21.2. The van der Waals surface area contributed by atoms with Gasteiger partial charge in [-0.1, -0.05) is 29.3 Å². The monoisotopic (exact) mass is 296 g/mol. The number of anilines is 1. The first-order chi connectivity index (χ1) is 9.15. The van der Waals surface area contributed by atoms with E-state index < -0.39 is 0 Å². The second kappa shape index (κ2) is 4.83. The first kappa shape index (κ1) is 12.4. The molecule has 0 spiro atoms. The molecule has 2 aromatic rings. The molecule has 2 N–H and O–H groups in total. The zero-order chi connectivity index (χ0) is 13.4. The van der Waals surface area contributed by atoms with E-state index in [1.807, 2.05) is 12.1 Å². The standard InChI is InChI=1S/C12H10Cl2N4O/c13-9-2-1-6(3-10(9)14)7-4-8(7)11(19)17-12-15-5-16-18-12/h1-3,5,7-8H,4H2,(H2,15,16,17,18,19)/t7-,8+/m1/s1. The number of amides is 1. The summed E-state index contributed by atoms with van der Waals surface area (Å²) in [6.07, 6.45) is 2.15. The van der Waals surface area contributed by atoms with Crippen molar-refractivity contribution in [3.8, 4) is 0 Å². The third-order valence-electron chi connectivity index (χ3n) is 3.16. The maximum Gasteiger partial charge on any atom is 0.230 e. The minimum atomic E-state index is -0.0622. The highest BCUT2D eigenvalue weighted by molar-refractivity contribution is 6.42. The molecule has 5 nitrogen and oxygen atoms in total. The third-order valence-corrected chi connectivity index (χ3v) is 3.89. The lowest BCUT2D eigenvalue weighted by Gasteiger charge is -2.03. The van der Waals surface area contributed by atoms with Crippen LogP contribution < -0.4 is 5.32 Å². The maximum absolute atomic E-state index is 12.0. The fraction of sp³-hybridized carbons (Fsp3) is 0.250. The molecule has 0 aliphatic heterocycles. The number of rotatable bonds is 3. The van der Waals surface area contributed by atoms with Gasteiger partial charge < -0.3 is 0 Å². The summed E-state index contributed by atoms with van der Waals surface area (Å²) in [6, 6.07) is 5.47. The molecule has 1 aliphatic carbocycles. The number of H-pyrrole nitrogens is 1. The van der Waals surface area contributed by atoms with Crippen molar-refractivity contribution < 1.29 is 4.79 Å². The Balaban J connectivity index is 1.67. The van der Waals surface area contributed by atoms with E-state index >= 15 is 0 Å². The van der Waals surface area contributed by atoms with Crippen LogP contribution in [0.5, 0.6) is 0 Å². The Morgan fingerprint density at radius 2 is 2.21 bits per heavy atom. The minimum Gasteiger partial charge on any atom is -0.295 e. The number of halogens is 2. The lowest BCUT2D eigenvalue weighted by molar-refractivity contribution is -0.117. The third kappa shape index (κ3) is 2.57. The zero-order valence-corrected chi connectivity index (χ0v) is 11.2. The molecule has 1 aromatic carbocycles. The molecule has 0 saturated heterocycles. The summed E-state index contributed by atoms with van der Waals surface area (Å²) in [5.74, 6) is 0.442. The van der Waals surface area contributed by atoms with Gasteiger partial charge in [0, 0.05) is 5.92 Å². The van der Waals surface area contributed by atoms with Gasteiger partial charge in [-0.15, -0.1) is 0 Å². The van der Waals surface area contributed by atoms with Crippen LogP contribution >= 0.6 is 23.2 Å². The van der Waals surface area contributed by atoms with Gasteiger partial charge in [-0.2, -0.15) is 10.1 Å². The second-order valence-electron chi connectivity index (χ2n) is 4.45. The minimum absolute atomic E-state index is 0.0534. The number of aromatic amines is 1. The van der Waals surface area contributed by atoms with E-state index in [9.17, 15) is 4.79 Å². The predicted molar refractivity (Wildman–Crippen MR) is 72.3 cm³/mol. The van der Waals surface area contributed by atoms with E-state index in [0.717, 1.165) is 12.0 Å². The Kier molecular flexibility index (Phi) is 3.16. The van der Waals surface area contributed by atoms with Crippen molar-refractivity contribution >= 4 is 35.1 Å². The fourth-order valence-electron chi connectivity index (χ4n) is 2.07. The van der Waals surface area contributed by atoms with Crippen molar-refractivity contribution in [2.75, 3.05) is 5.32 Å². The van der Waals surface area contributed by atoms with Crippen molar-refractivity contribution in [2.45, 2.75) is 12.3 Å². The summed E-state index contributed by atoms with van der Waals surface area (Å²) in [6.45, 7) is 0. The number of carbonyl (C=O) groups is 1. The number of hydrogen-bond donors (Lipinski definition) is 2. The molecule has 1 aliphatic rings. The molecule has 1 aromatic heterocycles. The van der Waals surface area contributed by atoms with E-state index in [2.05, 4.69) is 20.5 Å². The van der Waals surface area contributed by atoms with Gasteiger partial charge in [0.25, 0.3) is 0 Å². The van der Waals surface area contributed by atoms with Gasteiger partial charge in [0.15, 0.2) is 0 Å². The van der Waals surface area contributed by atoms with Gasteiger partial charge >= 0.3 is 0 Å². The first-order valence-corrected chi connectivity index (χ1v) is 6.52. The lowest BCUT2D eigenvalue weighted by atomic mass is 10.1. The summed E-state index contributed by atoms with van der Waals surface area (Å²) in [4.78, 5) is 15.8. The van der Waals surface area contributed by atoms with Crippen molar-refractivity contribution in [1.82, 2.24) is 15.2 Å². The summed E-state index contributed by atoms with van der Waals surface area (Å²) in [7, 11) is 0. The van der Waals surface area contributed by atoms with Crippen LogP contribution in [0.2, 0.25) is 10.0 Å². The molecule has 19 heavy (non-hydrogen) atoms. The molecule has 1 amide bonds. The van der Waals surface area contributed by atoms with Crippen LogP contribution in [-0.2, 0) is 4.79 Å². The fourth-order valence-corrected chi connectivity index (χ4v) is 2.38. The molecule has 3 rings (SSSR count). The molecule has 2 atom stereocenters. The highest BCUT2D eigenvalue weighted by Crippen LogP contribution is 2.48. The number of carbonyl (C=O) groups excluding carboxylic acids is 1. The van der Waals surface area contributed by atoms with E-state index in [-0.39, 0.29) is 17.7 Å². The van der Waals surface area contributed by atoms with Crippen LogP contribution in [0.4, 0.5) is 5.95 Å². The van der Waals surface area contributed by atoms with E-state index in [1.165, 1.54) is 6.33 Å². The van der Waals surface area contributed by atoms with E-state index in [1.54, 1.807) is 6.07 Å². The van der Waals surface area contributed by atoms with E-state index in [0.29, 0.717) is 16.0 Å². The molecule has 1 saturated carbocycles. The number of aromatic nitrogens is 3. The molecule has 98 valence electrons. The molecule has 0 radical (unpaired) electrons. The average molecular weight is 297 g/mol. The van der Waals surface area contributed by atoms with Gasteiger partial charge in [-0.05, 0) is 30.0 Å². The van der Waals surface area contributed by atoms with Gasteiger partial charge in [-0.25, -0.2) is 5.10 Å². The Morgan fingerprint density at radius 1 is 1.37 bits per heavy atom. The molecule has 1 heterocycles. The quantitative estimate of drug-likeness (QED) is 0.915. The molecule has 0 bridgehead atoms. The number of nitrogens with one attached hydrogen (secondary N) is 2. The summed E-state index contributed by atoms with van der Waals surface area (Å²) >= 11 is 11.8. The highest BCUT2D eigenvalue weighted by Gasteiger charge is 2.44. The molecule has 0 unspecified atom stereocenters. The van der Waals surface area contributed by atoms with Crippen LogP contribution in [0.1, 0.15) is 17.9 Å². The molecular weight excluding hydrogens is 287 g/mol. The smallest absolute Gasteiger partial charge is 0.230 e. The number of benzene rings is 1. The Morgan fingerprint density at radius 3 is 2.89 bits per heavy atom. The molecular formula is C12H10Cl2N4O. The van der Waals surface area contributed by atoms with Gasteiger partial charge in [-0.3, -0.25) is 10.1 Å². The van der Waals surface area contributed by atoms with Crippen molar-refractivity contribution in [1.29, 1.82) is 0 Å². The average Bonchev–Trinajstić information content (AvgIpc) is 3.04. The highest BCUT2D eigenvalue weighted by atomic mass is 35.5. The van der Waals surface area contributed by atoms with Crippen molar-refractivity contribution in [3.63, 3.8) is 0 Å². The summed E-state index contributed by atoms with van der Waals surface area (Å²) < 4.78 is 0. The number of nitrogens with zero attached hydrogens (tertiary/aromatic N) is 2. The first-order valence-electron chi connectivity index (χ1n) is 5.76. The maximum atomic E-state index is 12.0. The number of hydrogen-bond acceptors (Lipinski definition) is 3. The lowest BCUT2D eigenvalue weighted by Crippen LogP contribution is -2.15. The molecule has 7 heteroatoms. The second-order valence-corrected chi connectivity index (χ2v) is 5.26. The predicted octanol–water partition coefficient (Wildman–Crippen LogP) is 2.85. The summed E-state index contributed by atoms with van der Waals surface area (Å²) in [5.41, 5.74) is 1.03. The van der Waals surface area contributed by atoms with Crippen LogP contribution in [-0.4, -0.2) is 21.1 Å². The molecule has 1 fully saturated rings. The van der Waals surface area contributed by atoms with Crippen LogP contribution in [0.15, 0.2) is 24.5 Å². The van der Waals surface area contributed by atoms with Gasteiger partial charge in [0.2, 0.25) is 11.9 Å². The van der Waals surface area contributed by atoms with Gasteiger partial charge in [0.05, 0.1) is 10.0 Å². The Labute approximate surface area is 119 Å². The SMILES string of the molecule is O=C(Nc1ncn[nH]1)[C@H]1C[C@@H]1c1ccc(Cl)c(Cl)c1.